The highest BCUT2D eigenvalue weighted by Crippen LogP contribution is 2.46. The molecule has 0 spiro atoms. The Hall–Kier alpha value is -4.85. The van der Waals surface area contributed by atoms with Gasteiger partial charge in [-0.3, -0.25) is 14.6 Å². The Morgan fingerprint density at radius 2 is 1.74 bits per heavy atom. The summed E-state index contributed by atoms with van der Waals surface area (Å²) in [6, 6.07) is 15.9. The molecule has 0 radical (unpaired) electrons. The predicted octanol–water partition coefficient (Wildman–Crippen LogP) is 4.57. The minimum atomic E-state index is -0.509. The molecule has 2 aromatic heterocycles. The molecular formula is C27H17NO7. The van der Waals surface area contributed by atoms with E-state index in [2.05, 4.69) is 4.98 Å². The van der Waals surface area contributed by atoms with Crippen LogP contribution in [0.3, 0.4) is 0 Å². The maximum Gasteiger partial charge on any atom is 0.312 e. The molecule has 1 aliphatic rings. The topological polar surface area (TPSA) is 130 Å². The van der Waals surface area contributed by atoms with Gasteiger partial charge in [0.15, 0.2) is 16.9 Å². The molecular weight excluding hydrogens is 450 g/mol. The van der Waals surface area contributed by atoms with Crippen LogP contribution in [0.4, 0.5) is 0 Å². The van der Waals surface area contributed by atoms with Crippen LogP contribution < -0.4 is 10.2 Å². The molecule has 0 amide bonds. The van der Waals surface area contributed by atoms with E-state index in [-0.39, 0.29) is 46.1 Å². The van der Waals surface area contributed by atoms with Crippen LogP contribution in [0.25, 0.3) is 33.2 Å². The Kier molecular flexibility index (Phi) is 4.50. The lowest BCUT2D eigenvalue weighted by Gasteiger charge is -2.26. The van der Waals surface area contributed by atoms with Crippen LogP contribution in [0.2, 0.25) is 0 Å². The summed E-state index contributed by atoms with van der Waals surface area (Å²) >= 11 is 0. The van der Waals surface area contributed by atoms with Gasteiger partial charge in [-0.05, 0) is 42.0 Å². The number of nitrogens with zero attached hydrogens (tertiary/aromatic N) is 1. The van der Waals surface area contributed by atoms with E-state index in [0.29, 0.717) is 11.1 Å². The van der Waals surface area contributed by atoms with E-state index in [1.807, 2.05) is 30.3 Å². The van der Waals surface area contributed by atoms with Crippen molar-refractivity contribution in [3.8, 4) is 34.3 Å². The zero-order valence-corrected chi connectivity index (χ0v) is 18.1. The van der Waals surface area contributed by atoms with Gasteiger partial charge < -0.3 is 24.5 Å². The molecule has 3 aromatic carbocycles. The van der Waals surface area contributed by atoms with Gasteiger partial charge in [-0.2, -0.15) is 0 Å². The van der Waals surface area contributed by atoms with Crippen LogP contribution >= 0.6 is 0 Å². The SMILES string of the molecule is O=C1CC(c2ccc3ncccc3c2)c2c(cc(O)c3c(=O)cc(-c4ccc(O)c(O)c4)oc23)O1. The van der Waals surface area contributed by atoms with Crippen molar-refractivity contribution < 1.29 is 29.3 Å². The number of pyridine rings is 1. The van der Waals surface area contributed by atoms with E-state index < -0.39 is 17.3 Å². The minimum Gasteiger partial charge on any atom is -0.507 e. The minimum absolute atomic E-state index is 0.00653. The molecule has 3 heterocycles. The zero-order chi connectivity index (χ0) is 24.3. The van der Waals surface area contributed by atoms with Crippen LogP contribution in [0.15, 0.2) is 76.1 Å². The second-order valence-electron chi connectivity index (χ2n) is 8.38. The molecule has 172 valence electrons. The first-order chi connectivity index (χ1) is 16.9. The third-order valence-electron chi connectivity index (χ3n) is 6.21. The first kappa shape index (κ1) is 20.7. The number of phenolic OH excluding ortho intramolecular Hbond substituents is 3. The zero-order valence-electron chi connectivity index (χ0n) is 18.1. The average molecular weight is 467 g/mol. The number of hydrogen-bond acceptors (Lipinski definition) is 8. The van der Waals surface area contributed by atoms with Gasteiger partial charge in [0.05, 0.1) is 11.9 Å². The van der Waals surface area contributed by atoms with Crippen LogP contribution in [-0.4, -0.2) is 26.3 Å². The highest BCUT2D eigenvalue weighted by atomic mass is 16.5. The smallest absolute Gasteiger partial charge is 0.312 e. The molecule has 8 heteroatoms. The fraction of sp³-hybridized carbons (Fsp3) is 0.0741. The molecule has 3 N–H and O–H groups in total. The molecule has 8 nitrogen and oxygen atoms in total. The quantitative estimate of drug-likeness (QED) is 0.196. The van der Waals surface area contributed by atoms with E-state index in [1.54, 1.807) is 6.20 Å². The number of aromatic nitrogens is 1. The largest absolute Gasteiger partial charge is 0.507 e. The summed E-state index contributed by atoms with van der Waals surface area (Å²) in [6.45, 7) is 0. The molecule has 5 aromatic rings. The number of phenols is 3. The fourth-order valence-electron chi connectivity index (χ4n) is 4.57. The van der Waals surface area contributed by atoms with Gasteiger partial charge >= 0.3 is 5.97 Å². The lowest BCUT2D eigenvalue weighted by Crippen LogP contribution is -2.22. The van der Waals surface area contributed by atoms with Gasteiger partial charge in [-0.1, -0.05) is 12.1 Å². The van der Waals surface area contributed by atoms with Crippen molar-refractivity contribution >= 4 is 27.8 Å². The van der Waals surface area contributed by atoms with Crippen LogP contribution in [0, 0.1) is 0 Å². The van der Waals surface area contributed by atoms with Gasteiger partial charge in [-0.15, -0.1) is 0 Å². The van der Waals surface area contributed by atoms with Crippen molar-refractivity contribution in [2.75, 3.05) is 0 Å². The van der Waals surface area contributed by atoms with Gasteiger partial charge in [0.25, 0.3) is 0 Å². The summed E-state index contributed by atoms with van der Waals surface area (Å²) < 4.78 is 11.6. The normalized spacial score (nSPS) is 15.2. The first-order valence-electron chi connectivity index (χ1n) is 10.8. The van der Waals surface area contributed by atoms with E-state index in [1.165, 1.54) is 30.3 Å². The van der Waals surface area contributed by atoms with Crippen molar-refractivity contribution in [3.63, 3.8) is 0 Å². The number of aromatic hydroxyl groups is 3. The van der Waals surface area contributed by atoms with E-state index >= 15 is 0 Å². The summed E-state index contributed by atoms with van der Waals surface area (Å²) in [6.07, 6.45) is 1.70. The summed E-state index contributed by atoms with van der Waals surface area (Å²) in [7, 11) is 0. The maximum atomic E-state index is 13.1. The predicted molar refractivity (Wildman–Crippen MR) is 127 cm³/mol. The van der Waals surface area contributed by atoms with Gasteiger partial charge in [0.1, 0.15) is 28.2 Å². The van der Waals surface area contributed by atoms with Crippen LogP contribution in [-0.2, 0) is 4.79 Å². The third-order valence-corrected chi connectivity index (χ3v) is 6.21. The summed E-state index contributed by atoms with van der Waals surface area (Å²) in [5.74, 6) is -1.83. The molecule has 0 fully saturated rings. The second kappa shape index (κ2) is 7.59. The Morgan fingerprint density at radius 1 is 0.886 bits per heavy atom. The van der Waals surface area contributed by atoms with Crippen molar-refractivity contribution in [3.05, 3.63) is 88.2 Å². The molecule has 0 saturated heterocycles. The highest BCUT2D eigenvalue weighted by Gasteiger charge is 2.33. The number of ether oxygens (including phenoxy) is 1. The fourth-order valence-corrected chi connectivity index (χ4v) is 4.57. The van der Waals surface area contributed by atoms with Gasteiger partial charge in [0, 0.05) is 40.8 Å². The Morgan fingerprint density at radius 3 is 2.57 bits per heavy atom. The molecule has 6 rings (SSSR count). The molecule has 1 unspecified atom stereocenters. The van der Waals surface area contributed by atoms with Crippen molar-refractivity contribution in [1.82, 2.24) is 4.98 Å². The van der Waals surface area contributed by atoms with Crippen molar-refractivity contribution in [1.29, 1.82) is 0 Å². The van der Waals surface area contributed by atoms with Crippen molar-refractivity contribution in [2.45, 2.75) is 12.3 Å². The number of rotatable bonds is 2. The van der Waals surface area contributed by atoms with Gasteiger partial charge in [-0.25, -0.2) is 0 Å². The number of fused-ring (bicyclic) bond motifs is 4. The van der Waals surface area contributed by atoms with E-state index in [0.717, 1.165) is 16.5 Å². The summed E-state index contributed by atoms with van der Waals surface area (Å²) in [5, 5.41) is 31.0. The third kappa shape index (κ3) is 3.34. The lowest BCUT2D eigenvalue weighted by molar-refractivity contribution is -0.135. The lowest BCUT2D eigenvalue weighted by atomic mass is 9.84. The number of esters is 1. The first-order valence-corrected chi connectivity index (χ1v) is 10.8. The van der Waals surface area contributed by atoms with Crippen LogP contribution in [0.5, 0.6) is 23.0 Å². The molecule has 35 heavy (non-hydrogen) atoms. The highest BCUT2D eigenvalue weighted by molar-refractivity contribution is 5.93. The van der Waals surface area contributed by atoms with E-state index in [4.69, 9.17) is 9.15 Å². The standard InChI is InChI=1S/C27H17NO7/c29-18-6-4-15(9-19(18)30)22-11-20(31)26-21(32)12-23-25(27(26)35-22)16(10-24(33)34-23)13-3-5-17-14(8-13)2-1-7-28-17/h1-9,11-12,16,29-30,32H,10H2. The Balaban J connectivity index is 1.63. The van der Waals surface area contributed by atoms with Gasteiger partial charge in [0.2, 0.25) is 0 Å². The summed E-state index contributed by atoms with van der Waals surface area (Å²) in [5.41, 5.74) is 1.98. The molecule has 0 saturated carbocycles. The number of carbonyl (C=O) groups excluding carboxylic acids is 1. The number of hydrogen-bond donors (Lipinski definition) is 3. The monoisotopic (exact) mass is 467 g/mol. The molecule has 0 bridgehead atoms. The second-order valence-corrected chi connectivity index (χ2v) is 8.38. The average Bonchev–Trinajstić information content (AvgIpc) is 2.84. The number of carbonyl (C=O) groups is 1. The molecule has 1 aliphatic heterocycles. The molecule has 0 aliphatic carbocycles. The van der Waals surface area contributed by atoms with Crippen LogP contribution in [0.1, 0.15) is 23.5 Å². The number of benzene rings is 3. The van der Waals surface area contributed by atoms with Crippen molar-refractivity contribution in [2.24, 2.45) is 0 Å². The van der Waals surface area contributed by atoms with E-state index in [9.17, 15) is 24.9 Å². The Labute approximate surface area is 197 Å². The Bertz CT molecular complexity index is 1740. The maximum absolute atomic E-state index is 13.1. The molecule has 1 atom stereocenters. The summed E-state index contributed by atoms with van der Waals surface area (Å²) in [4.78, 5) is 29.9.